The molecular weight excluding hydrogens is 284 g/mol. The Bertz CT molecular complexity index is 535. The molecule has 0 amide bonds. The van der Waals surface area contributed by atoms with E-state index in [1.165, 1.54) is 0 Å². The van der Waals surface area contributed by atoms with Crippen LogP contribution < -0.4 is 4.74 Å². The molecule has 4 heteroatoms. The monoisotopic (exact) mass is 292 g/mol. The maximum absolute atomic E-state index is 10.6. The van der Waals surface area contributed by atoms with Crippen LogP contribution in [0.4, 0.5) is 4.79 Å². The molecule has 2 aromatic rings. The number of carbonyl (C=O) groups is 1. The van der Waals surface area contributed by atoms with Gasteiger partial charge in [-0.15, -0.1) is 0 Å². The Morgan fingerprint density at radius 2 is 1.71 bits per heavy atom. The van der Waals surface area contributed by atoms with E-state index in [0.717, 1.165) is 15.6 Å². The van der Waals surface area contributed by atoms with Gasteiger partial charge < -0.3 is 9.84 Å². The van der Waals surface area contributed by atoms with Crippen LogP contribution in [0, 0.1) is 0 Å². The van der Waals surface area contributed by atoms with Gasteiger partial charge in [-0.1, -0.05) is 46.3 Å². The topological polar surface area (TPSA) is 46.5 Å². The standard InChI is InChI=1S/C13H9BrO3/c14-10-7-5-9(6-8-10)11-3-1-2-4-12(11)17-13(15)16/h1-8H,(H,15,16). The van der Waals surface area contributed by atoms with E-state index < -0.39 is 6.16 Å². The van der Waals surface area contributed by atoms with E-state index in [0.29, 0.717) is 5.75 Å². The van der Waals surface area contributed by atoms with Gasteiger partial charge in [0.25, 0.3) is 0 Å². The Labute approximate surface area is 107 Å². The highest BCUT2D eigenvalue weighted by Gasteiger charge is 2.08. The minimum Gasteiger partial charge on any atom is -0.449 e. The number of ether oxygens (including phenoxy) is 1. The Morgan fingerprint density at radius 3 is 2.35 bits per heavy atom. The molecule has 0 aliphatic rings. The van der Waals surface area contributed by atoms with E-state index in [1.54, 1.807) is 12.1 Å². The molecule has 0 bridgehead atoms. The van der Waals surface area contributed by atoms with E-state index in [4.69, 9.17) is 9.84 Å². The number of hydrogen-bond donors (Lipinski definition) is 1. The van der Waals surface area contributed by atoms with Gasteiger partial charge in [0, 0.05) is 10.0 Å². The number of carboxylic acid groups (broad SMARTS) is 1. The zero-order valence-electron chi connectivity index (χ0n) is 8.76. The molecule has 1 N–H and O–H groups in total. The second kappa shape index (κ2) is 5.01. The molecule has 0 heterocycles. The molecule has 3 nitrogen and oxygen atoms in total. The van der Waals surface area contributed by atoms with Gasteiger partial charge in [-0.3, -0.25) is 0 Å². The first-order valence-corrected chi connectivity index (χ1v) is 5.72. The quantitative estimate of drug-likeness (QED) is 0.667. The third-order valence-electron chi connectivity index (χ3n) is 2.24. The number of rotatable bonds is 2. The van der Waals surface area contributed by atoms with Crippen LogP contribution in [0.2, 0.25) is 0 Å². The highest BCUT2D eigenvalue weighted by molar-refractivity contribution is 9.10. The fourth-order valence-corrected chi connectivity index (χ4v) is 1.78. The minimum atomic E-state index is -1.31. The molecule has 0 spiro atoms. The van der Waals surface area contributed by atoms with Crippen molar-refractivity contribution in [3.8, 4) is 16.9 Å². The first kappa shape index (κ1) is 11.7. The third-order valence-corrected chi connectivity index (χ3v) is 2.77. The summed E-state index contributed by atoms with van der Waals surface area (Å²) < 4.78 is 5.71. The minimum absolute atomic E-state index is 0.335. The predicted octanol–water partition coefficient (Wildman–Crippen LogP) is 4.17. The third kappa shape index (κ3) is 2.85. The van der Waals surface area contributed by atoms with Crippen molar-refractivity contribution in [2.75, 3.05) is 0 Å². The molecule has 2 aromatic carbocycles. The van der Waals surface area contributed by atoms with Crippen LogP contribution in [-0.2, 0) is 0 Å². The van der Waals surface area contributed by atoms with Crippen molar-refractivity contribution in [2.45, 2.75) is 0 Å². The van der Waals surface area contributed by atoms with Crippen molar-refractivity contribution >= 4 is 22.1 Å². The summed E-state index contributed by atoms with van der Waals surface area (Å²) in [5.41, 5.74) is 1.66. The van der Waals surface area contributed by atoms with Gasteiger partial charge in [-0.05, 0) is 23.8 Å². The van der Waals surface area contributed by atoms with Crippen LogP contribution in [0.15, 0.2) is 53.0 Å². The highest BCUT2D eigenvalue weighted by Crippen LogP contribution is 2.30. The Morgan fingerprint density at radius 1 is 1.06 bits per heavy atom. The van der Waals surface area contributed by atoms with Crippen molar-refractivity contribution in [1.29, 1.82) is 0 Å². The van der Waals surface area contributed by atoms with Crippen LogP contribution in [0.3, 0.4) is 0 Å². The summed E-state index contributed by atoms with van der Waals surface area (Å²) in [4.78, 5) is 10.6. The smallest absolute Gasteiger partial charge is 0.449 e. The fraction of sp³-hybridized carbons (Fsp3) is 0. The van der Waals surface area contributed by atoms with Crippen molar-refractivity contribution in [3.05, 3.63) is 53.0 Å². The number of para-hydroxylation sites is 1. The summed E-state index contributed by atoms with van der Waals surface area (Å²) in [7, 11) is 0. The van der Waals surface area contributed by atoms with Gasteiger partial charge >= 0.3 is 6.16 Å². The molecule has 86 valence electrons. The molecule has 0 fully saturated rings. The van der Waals surface area contributed by atoms with Crippen LogP contribution in [0.5, 0.6) is 5.75 Å². The highest BCUT2D eigenvalue weighted by atomic mass is 79.9. The lowest BCUT2D eigenvalue weighted by Crippen LogP contribution is -2.03. The van der Waals surface area contributed by atoms with E-state index >= 15 is 0 Å². The largest absolute Gasteiger partial charge is 0.511 e. The summed E-state index contributed by atoms with van der Waals surface area (Å²) in [6.45, 7) is 0. The van der Waals surface area contributed by atoms with E-state index in [2.05, 4.69) is 15.9 Å². The molecule has 0 aliphatic heterocycles. The number of halogens is 1. The summed E-state index contributed by atoms with van der Waals surface area (Å²) in [6.07, 6.45) is -1.31. The molecule has 0 aromatic heterocycles. The van der Waals surface area contributed by atoms with Gasteiger partial charge in [0.1, 0.15) is 5.75 Å². The van der Waals surface area contributed by atoms with Crippen molar-refractivity contribution in [3.63, 3.8) is 0 Å². The van der Waals surface area contributed by atoms with Crippen LogP contribution >= 0.6 is 15.9 Å². The molecule has 0 unspecified atom stereocenters. The average molecular weight is 293 g/mol. The second-order valence-electron chi connectivity index (χ2n) is 3.37. The van der Waals surface area contributed by atoms with Crippen LogP contribution in [-0.4, -0.2) is 11.3 Å². The average Bonchev–Trinajstić information content (AvgIpc) is 2.30. The van der Waals surface area contributed by atoms with Gasteiger partial charge in [-0.2, -0.15) is 0 Å². The zero-order chi connectivity index (χ0) is 12.3. The lowest BCUT2D eigenvalue weighted by atomic mass is 10.1. The van der Waals surface area contributed by atoms with Gasteiger partial charge in [0.2, 0.25) is 0 Å². The van der Waals surface area contributed by atoms with Crippen LogP contribution in [0.1, 0.15) is 0 Å². The summed E-state index contributed by atoms with van der Waals surface area (Å²) >= 11 is 3.35. The first-order chi connectivity index (χ1) is 8.16. The molecule has 0 saturated carbocycles. The maximum Gasteiger partial charge on any atom is 0.511 e. The Kier molecular flexibility index (Phi) is 3.44. The molecule has 0 radical (unpaired) electrons. The van der Waals surface area contributed by atoms with E-state index in [9.17, 15) is 4.79 Å². The number of hydrogen-bond acceptors (Lipinski definition) is 2. The van der Waals surface area contributed by atoms with Crippen molar-refractivity contribution in [1.82, 2.24) is 0 Å². The first-order valence-electron chi connectivity index (χ1n) is 4.92. The molecular formula is C13H9BrO3. The van der Waals surface area contributed by atoms with Gasteiger partial charge in [-0.25, -0.2) is 4.79 Å². The van der Waals surface area contributed by atoms with Crippen molar-refractivity contribution < 1.29 is 14.6 Å². The van der Waals surface area contributed by atoms with Gasteiger partial charge in [0.15, 0.2) is 0 Å². The van der Waals surface area contributed by atoms with Crippen molar-refractivity contribution in [2.24, 2.45) is 0 Å². The number of benzene rings is 2. The normalized spacial score (nSPS) is 9.94. The van der Waals surface area contributed by atoms with Gasteiger partial charge in [0.05, 0.1) is 0 Å². The molecule has 2 rings (SSSR count). The lowest BCUT2D eigenvalue weighted by molar-refractivity contribution is 0.144. The lowest BCUT2D eigenvalue weighted by Gasteiger charge is -2.07. The summed E-state index contributed by atoms with van der Waals surface area (Å²) in [6, 6.07) is 14.6. The zero-order valence-corrected chi connectivity index (χ0v) is 10.3. The summed E-state index contributed by atoms with van der Waals surface area (Å²) in [5, 5.41) is 8.65. The predicted molar refractivity (Wildman–Crippen MR) is 68.2 cm³/mol. The summed E-state index contributed by atoms with van der Waals surface area (Å²) in [5.74, 6) is 0.335. The Hall–Kier alpha value is -1.81. The molecule has 17 heavy (non-hydrogen) atoms. The fourth-order valence-electron chi connectivity index (χ4n) is 1.52. The van der Waals surface area contributed by atoms with Crippen LogP contribution in [0.25, 0.3) is 11.1 Å². The second-order valence-corrected chi connectivity index (χ2v) is 4.29. The van der Waals surface area contributed by atoms with E-state index in [1.807, 2.05) is 36.4 Å². The molecule has 0 saturated heterocycles. The Balaban J connectivity index is 2.44. The van der Waals surface area contributed by atoms with E-state index in [-0.39, 0.29) is 0 Å². The SMILES string of the molecule is O=C(O)Oc1ccccc1-c1ccc(Br)cc1. The molecule has 0 atom stereocenters. The molecule has 0 aliphatic carbocycles. The maximum atomic E-state index is 10.6.